The molecule has 6 heteroatoms. The molecule has 0 saturated heterocycles. The van der Waals surface area contributed by atoms with Gasteiger partial charge in [0.05, 0.1) is 23.4 Å². The standard InChI is InChI=1S/C20H14FN3O2/c21-17-7-2-1-6-16(17)19-23-20(26-24-19)15-8-9-18(22-11-15)14-5-3-4-13(10-14)12-25/h1-11,25H,12H2. The average molecular weight is 347 g/mol. The van der Waals surface area contributed by atoms with E-state index in [1.807, 2.05) is 36.4 Å². The lowest BCUT2D eigenvalue weighted by molar-refractivity contribution is 0.282. The van der Waals surface area contributed by atoms with E-state index in [1.165, 1.54) is 6.07 Å². The predicted octanol–water partition coefficient (Wildman–Crippen LogP) is 4.10. The van der Waals surface area contributed by atoms with Crippen LogP contribution in [0.15, 0.2) is 71.4 Å². The van der Waals surface area contributed by atoms with Crippen LogP contribution >= 0.6 is 0 Å². The molecule has 0 fully saturated rings. The normalized spacial score (nSPS) is 10.8. The van der Waals surface area contributed by atoms with Crippen molar-refractivity contribution in [1.82, 2.24) is 15.1 Å². The fraction of sp³-hybridized carbons (Fsp3) is 0.0500. The van der Waals surface area contributed by atoms with E-state index in [2.05, 4.69) is 15.1 Å². The molecule has 0 spiro atoms. The van der Waals surface area contributed by atoms with Crippen molar-refractivity contribution in [3.8, 4) is 34.1 Å². The number of aromatic nitrogens is 3. The van der Waals surface area contributed by atoms with E-state index in [4.69, 9.17) is 4.52 Å². The summed E-state index contributed by atoms with van der Waals surface area (Å²) >= 11 is 0. The van der Waals surface area contributed by atoms with Crippen molar-refractivity contribution in [1.29, 1.82) is 0 Å². The SMILES string of the molecule is OCc1cccc(-c2ccc(-c3nc(-c4ccccc4F)no3)cn2)c1. The number of aliphatic hydroxyl groups excluding tert-OH is 1. The Hall–Kier alpha value is -3.38. The summed E-state index contributed by atoms with van der Waals surface area (Å²) in [5, 5.41) is 13.1. The molecule has 0 radical (unpaired) electrons. The number of halogens is 1. The van der Waals surface area contributed by atoms with Gasteiger partial charge in [-0.15, -0.1) is 0 Å². The summed E-state index contributed by atoms with van der Waals surface area (Å²) in [6, 6.07) is 17.4. The van der Waals surface area contributed by atoms with Crippen molar-refractivity contribution < 1.29 is 14.0 Å². The maximum absolute atomic E-state index is 13.8. The van der Waals surface area contributed by atoms with Crippen molar-refractivity contribution in [2.75, 3.05) is 0 Å². The van der Waals surface area contributed by atoms with Crippen LogP contribution in [0, 0.1) is 5.82 Å². The van der Waals surface area contributed by atoms with Gasteiger partial charge in [-0.1, -0.05) is 35.5 Å². The van der Waals surface area contributed by atoms with E-state index in [9.17, 15) is 9.50 Å². The summed E-state index contributed by atoms with van der Waals surface area (Å²) in [6.07, 6.45) is 1.62. The lowest BCUT2D eigenvalue weighted by Crippen LogP contribution is -1.88. The second-order valence-corrected chi connectivity index (χ2v) is 5.69. The van der Waals surface area contributed by atoms with Gasteiger partial charge in [-0.25, -0.2) is 4.39 Å². The van der Waals surface area contributed by atoms with Gasteiger partial charge in [0.15, 0.2) is 0 Å². The van der Waals surface area contributed by atoms with Gasteiger partial charge in [-0.3, -0.25) is 4.98 Å². The van der Waals surface area contributed by atoms with E-state index < -0.39 is 5.82 Å². The first kappa shape index (κ1) is 16.1. The quantitative estimate of drug-likeness (QED) is 0.602. The molecule has 0 bridgehead atoms. The Bertz CT molecular complexity index is 1040. The molecule has 0 aliphatic heterocycles. The highest BCUT2D eigenvalue weighted by molar-refractivity contribution is 5.64. The van der Waals surface area contributed by atoms with Crippen molar-refractivity contribution >= 4 is 0 Å². The van der Waals surface area contributed by atoms with Gasteiger partial charge in [-0.2, -0.15) is 4.98 Å². The van der Waals surface area contributed by atoms with Gasteiger partial charge < -0.3 is 9.63 Å². The van der Waals surface area contributed by atoms with Gasteiger partial charge in [0.2, 0.25) is 5.82 Å². The maximum Gasteiger partial charge on any atom is 0.259 e. The predicted molar refractivity (Wildman–Crippen MR) is 94.3 cm³/mol. The lowest BCUT2D eigenvalue weighted by Gasteiger charge is -2.03. The first-order valence-electron chi connectivity index (χ1n) is 8.00. The number of hydrogen-bond donors (Lipinski definition) is 1. The molecule has 0 unspecified atom stereocenters. The summed E-state index contributed by atoms with van der Waals surface area (Å²) in [5.41, 5.74) is 3.41. The van der Waals surface area contributed by atoms with Crippen molar-refractivity contribution in [3.05, 3.63) is 78.2 Å². The highest BCUT2D eigenvalue weighted by Crippen LogP contribution is 2.25. The number of rotatable bonds is 4. The topological polar surface area (TPSA) is 72.0 Å². The number of hydrogen-bond acceptors (Lipinski definition) is 5. The zero-order chi connectivity index (χ0) is 17.9. The molecular formula is C20H14FN3O2. The minimum atomic E-state index is -0.405. The minimum Gasteiger partial charge on any atom is -0.392 e. The molecule has 2 aromatic heterocycles. The third-order valence-electron chi connectivity index (χ3n) is 3.96. The Morgan fingerprint density at radius 3 is 2.62 bits per heavy atom. The van der Waals surface area contributed by atoms with Gasteiger partial charge in [0, 0.05) is 11.8 Å². The highest BCUT2D eigenvalue weighted by atomic mass is 19.1. The Kier molecular flexibility index (Phi) is 4.25. The summed E-state index contributed by atoms with van der Waals surface area (Å²) in [7, 11) is 0. The summed E-state index contributed by atoms with van der Waals surface area (Å²) in [5.74, 6) is 0.0568. The minimum absolute atomic E-state index is 0.0211. The monoisotopic (exact) mass is 347 g/mol. The molecule has 0 amide bonds. The Morgan fingerprint density at radius 2 is 1.85 bits per heavy atom. The molecule has 4 aromatic rings. The van der Waals surface area contributed by atoms with E-state index in [0.29, 0.717) is 5.56 Å². The van der Waals surface area contributed by atoms with E-state index in [-0.39, 0.29) is 23.9 Å². The van der Waals surface area contributed by atoms with Crippen LogP contribution in [0.2, 0.25) is 0 Å². The molecule has 2 heterocycles. The number of nitrogens with zero attached hydrogens (tertiary/aromatic N) is 3. The average Bonchev–Trinajstić information content (AvgIpc) is 3.18. The van der Waals surface area contributed by atoms with Gasteiger partial charge in [0.25, 0.3) is 5.89 Å². The maximum atomic E-state index is 13.8. The van der Waals surface area contributed by atoms with Crippen LogP contribution in [0.3, 0.4) is 0 Å². The zero-order valence-corrected chi connectivity index (χ0v) is 13.6. The molecule has 1 N–H and O–H groups in total. The summed E-state index contributed by atoms with van der Waals surface area (Å²) in [6.45, 7) is -0.0211. The largest absolute Gasteiger partial charge is 0.392 e. The summed E-state index contributed by atoms with van der Waals surface area (Å²) < 4.78 is 19.1. The van der Waals surface area contributed by atoms with Crippen LogP contribution in [0.1, 0.15) is 5.56 Å². The molecule has 0 atom stereocenters. The first-order chi connectivity index (χ1) is 12.7. The molecule has 5 nitrogen and oxygen atoms in total. The van der Waals surface area contributed by atoms with Crippen LogP contribution < -0.4 is 0 Å². The van der Waals surface area contributed by atoms with Crippen molar-refractivity contribution in [2.45, 2.75) is 6.61 Å². The van der Waals surface area contributed by atoms with Crippen molar-refractivity contribution in [3.63, 3.8) is 0 Å². The fourth-order valence-corrected chi connectivity index (χ4v) is 2.61. The Labute approximate surface area is 148 Å². The van der Waals surface area contributed by atoms with Gasteiger partial charge in [0.1, 0.15) is 5.82 Å². The van der Waals surface area contributed by atoms with Crippen molar-refractivity contribution in [2.24, 2.45) is 0 Å². The molecule has 2 aromatic carbocycles. The molecule has 0 aliphatic carbocycles. The van der Waals surface area contributed by atoms with E-state index in [1.54, 1.807) is 24.4 Å². The van der Waals surface area contributed by atoms with Gasteiger partial charge >= 0.3 is 0 Å². The molecule has 0 saturated carbocycles. The van der Waals surface area contributed by atoms with Crippen LogP contribution in [0.25, 0.3) is 34.1 Å². The molecular weight excluding hydrogens is 333 g/mol. The second-order valence-electron chi connectivity index (χ2n) is 5.69. The molecule has 26 heavy (non-hydrogen) atoms. The van der Waals surface area contributed by atoms with E-state index in [0.717, 1.165) is 16.8 Å². The smallest absolute Gasteiger partial charge is 0.259 e. The zero-order valence-electron chi connectivity index (χ0n) is 13.6. The molecule has 128 valence electrons. The number of benzene rings is 2. The number of aliphatic hydroxyl groups is 1. The third kappa shape index (κ3) is 3.10. The second kappa shape index (κ2) is 6.85. The van der Waals surface area contributed by atoms with Crippen LogP contribution in [0.5, 0.6) is 0 Å². The molecule has 4 rings (SSSR count). The van der Waals surface area contributed by atoms with Gasteiger partial charge in [-0.05, 0) is 35.9 Å². The van der Waals surface area contributed by atoms with E-state index >= 15 is 0 Å². The molecule has 0 aliphatic rings. The lowest BCUT2D eigenvalue weighted by atomic mass is 10.1. The number of pyridine rings is 1. The first-order valence-corrected chi connectivity index (χ1v) is 8.00. The summed E-state index contributed by atoms with van der Waals surface area (Å²) in [4.78, 5) is 8.67. The van der Waals surface area contributed by atoms with Crippen LogP contribution in [-0.2, 0) is 6.61 Å². The van der Waals surface area contributed by atoms with Crippen LogP contribution in [-0.4, -0.2) is 20.2 Å². The Balaban J connectivity index is 1.62. The third-order valence-corrected chi connectivity index (χ3v) is 3.96. The Morgan fingerprint density at radius 1 is 0.962 bits per heavy atom. The highest BCUT2D eigenvalue weighted by Gasteiger charge is 2.14. The fourth-order valence-electron chi connectivity index (χ4n) is 2.61. The van der Waals surface area contributed by atoms with Crippen LogP contribution in [0.4, 0.5) is 4.39 Å².